The molecule has 21 heavy (non-hydrogen) atoms. The minimum absolute atomic E-state index is 0.224. The maximum Gasteiger partial charge on any atom is 0.0453 e. The van der Waals surface area contributed by atoms with Gasteiger partial charge in [0.05, 0.1) is 0 Å². The third-order valence-corrected chi connectivity index (χ3v) is 6.15. The van der Waals surface area contributed by atoms with Gasteiger partial charge in [0.1, 0.15) is 0 Å². The lowest BCUT2D eigenvalue weighted by Crippen LogP contribution is -2.31. The Labute approximate surface area is 144 Å². The Morgan fingerprint density at radius 1 is 1.19 bits per heavy atom. The number of halogens is 3. The van der Waals surface area contributed by atoms with Crippen molar-refractivity contribution in [1.82, 2.24) is 0 Å². The Hall–Kier alpha value is 0.0900. The van der Waals surface area contributed by atoms with Gasteiger partial charge in [0.15, 0.2) is 0 Å². The highest BCUT2D eigenvalue weighted by molar-refractivity contribution is 6.35. The van der Waals surface area contributed by atoms with Gasteiger partial charge >= 0.3 is 0 Å². The van der Waals surface area contributed by atoms with Crippen LogP contribution in [0.2, 0.25) is 10.0 Å². The van der Waals surface area contributed by atoms with Gasteiger partial charge in [-0.2, -0.15) is 0 Å². The van der Waals surface area contributed by atoms with Crippen LogP contribution in [-0.4, -0.2) is 5.88 Å². The topological polar surface area (TPSA) is 0 Å². The maximum atomic E-state index is 6.35. The van der Waals surface area contributed by atoms with Gasteiger partial charge < -0.3 is 0 Å². The summed E-state index contributed by atoms with van der Waals surface area (Å²) in [5.41, 5.74) is 1.41. The highest BCUT2D eigenvalue weighted by atomic mass is 35.5. The molecule has 0 amide bonds. The average Bonchev–Trinajstić information content (AvgIpc) is 2.49. The van der Waals surface area contributed by atoms with E-state index in [0.29, 0.717) is 5.02 Å². The molecule has 1 aliphatic rings. The zero-order chi connectivity index (χ0) is 15.3. The van der Waals surface area contributed by atoms with Gasteiger partial charge in [0.25, 0.3) is 0 Å². The second-order valence-corrected chi connectivity index (χ2v) is 7.74. The van der Waals surface area contributed by atoms with E-state index in [-0.39, 0.29) is 5.41 Å². The molecule has 3 heteroatoms. The van der Waals surface area contributed by atoms with Crippen LogP contribution < -0.4 is 0 Å². The number of unbranched alkanes of at least 4 members (excludes halogenated alkanes) is 1. The molecule has 0 nitrogen and oxygen atoms in total. The Bertz CT molecular complexity index is 448. The van der Waals surface area contributed by atoms with E-state index in [0.717, 1.165) is 23.2 Å². The molecule has 0 N–H and O–H groups in total. The molecule has 1 saturated carbocycles. The number of benzene rings is 1. The number of rotatable bonds is 6. The molecule has 0 saturated heterocycles. The smallest absolute Gasteiger partial charge is 0.0453 e. The van der Waals surface area contributed by atoms with Crippen LogP contribution in [0.1, 0.15) is 57.4 Å². The molecular weight excluding hydrogens is 323 g/mol. The van der Waals surface area contributed by atoms with Crippen LogP contribution in [-0.2, 0) is 6.42 Å². The Kier molecular flexibility index (Phi) is 6.72. The highest BCUT2D eigenvalue weighted by Crippen LogP contribution is 2.44. The molecule has 0 unspecified atom stereocenters. The summed E-state index contributed by atoms with van der Waals surface area (Å²) >= 11 is 18.7. The third kappa shape index (κ3) is 4.78. The van der Waals surface area contributed by atoms with Crippen molar-refractivity contribution in [3.63, 3.8) is 0 Å². The van der Waals surface area contributed by atoms with E-state index in [2.05, 4.69) is 13.0 Å². The molecular formula is C18H25Cl3. The fourth-order valence-corrected chi connectivity index (χ4v) is 4.34. The number of alkyl halides is 1. The van der Waals surface area contributed by atoms with Crippen LogP contribution in [0, 0.1) is 11.3 Å². The Morgan fingerprint density at radius 2 is 1.90 bits per heavy atom. The number of hydrogen-bond donors (Lipinski definition) is 0. The van der Waals surface area contributed by atoms with Crippen molar-refractivity contribution in [3.8, 4) is 0 Å². The standard InChI is InChI=1S/C18H25Cl3/c1-2-3-4-14-7-9-18(13-19,10-8-14)12-15-5-6-16(20)11-17(15)21/h5-6,11,14H,2-4,7-10,12-13H2,1H3. The van der Waals surface area contributed by atoms with E-state index in [4.69, 9.17) is 34.8 Å². The van der Waals surface area contributed by atoms with Crippen molar-refractivity contribution in [2.45, 2.75) is 58.3 Å². The summed E-state index contributed by atoms with van der Waals surface area (Å²) in [6.07, 6.45) is 10.1. The van der Waals surface area contributed by atoms with Crippen LogP contribution in [0.15, 0.2) is 18.2 Å². The van der Waals surface area contributed by atoms with Crippen LogP contribution in [0.5, 0.6) is 0 Å². The molecule has 0 bridgehead atoms. The second-order valence-electron chi connectivity index (χ2n) is 6.63. The van der Waals surface area contributed by atoms with Gasteiger partial charge in [0, 0.05) is 15.9 Å². The van der Waals surface area contributed by atoms with E-state index in [1.54, 1.807) is 0 Å². The Morgan fingerprint density at radius 3 is 2.48 bits per heavy atom. The predicted octanol–water partition coefficient (Wildman–Crippen LogP) is 7.14. The summed E-state index contributed by atoms with van der Waals surface area (Å²) in [4.78, 5) is 0. The molecule has 2 rings (SSSR count). The van der Waals surface area contributed by atoms with Crippen LogP contribution in [0.4, 0.5) is 0 Å². The minimum atomic E-state index is 0.224. The summed E-state index contributed by atoms with van der Waals surface area (Å²) in [6, 6.07) is 5.83. The van der Waals surface area contributed by atoms with Crippen molar-refractivity contribution >= 4 is 34.8 Å². The monoisotopic (exact) mass is 346 g/mol. The van der Waals surface area contributed by atoms with Crippen molar-refractivity contribution in [2.24, 2.45) is 11.3 Å². The molecule has 0 spiro atoms. The highest BCUT2D eigenvalue weighted by Gasteiger charge is 2.35. The van der Waals surface area contributed by atoms with Crippen LogP contribution in [0.3, 0.4) is 0 Å². The largest absolute Gasteiger partial charge is 0.126 e. The summed E-state index contributed by atoms with van der Waals surface area (Å²) < 4.78 is 0. The van der Waals surface area contributed by atoms with Crippen LogP contribution >= 0.6 is 34.8 Å². The maximum absolute atomic E-state index is 6.35. The summed E-state index contributed by atoms with van der Waals surface area (Å²) in [5, 5.41) is 1.48. The molecule has 0 aromatic heterocycles. The molecule has 1 aromatic rings. The third-order valence-electron chi connectivity index (χ3n) is 5.00. The molecule has 0 atom stereocenters. The fourth-order valence-electron chi connectivity index (χ4n) is 3.50. The molecule has 0 heterocycles. The number of hydrogen-bond acceptors (Lipinski definition) is 0. The predicted molar refractivity (Wildman–Crippen MR) is 94.8 cm³/mol. The SMILES string of the molecule is CCCCC1CCC(CCl)(Cc2ccc(Cl)cc2Cl)CC1. The second kappa shape index (κ2) is 8.09. The van der Waals surface area contributed by atoms with Gasteiger partial charge in [-0.1, -0.05) is 55.5 Å². The Balaban J connectivity index is 1.99. The first-order chi connectivity index (χ1) is 10.1. The minimum Gasteiger partial charge on any atom is -0.126 e. The van der Waals surface area contributed by atoms with Crippen LogP contribution in [0.25, 0.3) is 0 Å². The van der Waals surface area contributed by atoms with Gasteiger partial charge in [-0.05, 0) is 61.1 Å². The summed E-state index contributed by atoms with van der Waals surface area (Å²) in [5.74, 6) is 1.63. The van der Waals surface area contributed by atoms with E-state index in [1.807, 2.05) is 12.1 Å². The lowest BCUT2D eigenvalue weighted by Gasteiger charge is -2.39. The summed E-state index contributed by atoms with van der Waals surface area (Å²) in [7, 11) is 0. The molecule has 1 aromatic carbocycles. The molecule has 1 fully saturated rings. The quantitative estimate of drug-likeness (QED) is 0.480. The van der Waals surface area contributed by atoms with Gasteiger partial charge in [-0.15, -0.1) is 11.6 Å². The van der Waals surface area contributed by atoms with Gasteiger partial charge in [-0.25, -0.2) is 0 Å². The van der Waals surface area contributed by atoms with E-state index in [1.165, 1.54) is 50.5 Å². The van der Waals surface area contributed by atoms with Gasteiger partial charge in [0.2, 0.25) is 0 Å². The zero-order valence-corrected chi connectivity index (χ0v) is 15.1. The van der Waals surface area contributed by atoms with Crippen molar-refractivity contribution < 1.29 is 0 Å². The lowest BCUT2D eigenvalue weighted by molar-refractivity contribution is 0.166. The summed E-state index contributed by atoms with van der Waals surface area (Å²) in [6.45, 7) is 2.27. The fraction of sp³-hybridized carbons (Fsp3) is 0.667. The average molecular weight is 348 g/mol. The van der Waals surface area contributed by atoms with E-state index >= 15 is 0 Å². The lowest BCUT2D eigenvalue weighted by atomic mass is 9.68. The molecule has 0 aliphatic heterocycles. The first kappa shape index (κ1) is 17.4. The first-order valence-corrected chi connectivity index (χ1v) is 9.37. The first-order valence-electron chi connectivity index (χ1n) is 8.08. The van der Waals surface area contributed by atoms with Crippen molar-refractivity contribution in [1.29, 1.82) is 0 Å². The molecule has 0 radical (unpaired) electrons. The van der Waals surface area contributed by atoms with E-state index < -0.39 is 0 Å². The molecule has 118 valence electrons. The molecule has 1 aliphatic carbocycles. The van der Waals surface area contributed by atoms with E-state index in [9.17, 15) is 0 Å². The zero-order valence-electron chi connectivity index (χ0n) is 12.8. The van der Waals surface area contributed by atoms with Crippen molar-refractivity contribution in [2.75, 3.05) is 5.88 Å². The van der Waals surface area contributed by atoms with Crippen molar-refractivity contribution in [3.05, 3.63) is 33.8 Å². The van der Waals surface area contributed by atoms with Gasteiger partial charge in [-0.3, -0.25) is 0 Å². The normalized spacial score (nSPS) is 26.0.